The van der Waals surface area contributed by atoms with Crippen LogP contribution < -0.4 is 5.56 Å². The van der Waals surface area contributed by atoms with Gasteiger partial charge in [0.05, 0.1) is 25.4 Å². The van der Waals surface area contributed by atoms with Crippen LogP contribution in [0.15, 0.2) is 45.2 Å². The Labute approximate surface area is 156 Å². The minimum atomic E-state index is -0.550. The molecule has 4 aromatic heterocycles. The average Bonchev–Trinajstić information content (AvgIpc) is 3.36. The molecule has 0 spiro atoms. The maximum atomic E-state index is 13.1. The van der Waals surface area contributed by atoms with E-state index in [1.54, 1.807) is 17.4 Å². The maximum Gasteiger partial charge on any atom is 0.373 e. The molecular formula is C18H14N2O4S2. The lowest BCUT2D eigenvalue weighted by atomic mass is 10.1. The molecule has 0 N–H and O–H groups in total. The van der Waals surface area contributed by atoms with Gasteiger partial charge in [0.1, 0.15) is 10.6 Å². The number of hydrogen-bond donors (Lipinski definition) is 0. The van der Waals surface area contributed by atoms with E-state index in [1.807, 2.05) is 24.4 Å². The lowest BCUT2D eigenvalue weighted by Gasteiger charge is -2.04. The highest BCUT2D eigenvalue weighted by Gasteiger charge is 2.18. The van der Waals surface area contributed by atoms with Gasteiger partial charge in [0.15, 0.2) is 0 Å². The van der Waals surface area contributed by atoms with Gasteiger partial charge in [-0.1, -0.05) is 6.07 Å². The largest absolute Gasteiger partial charge is 0.463 e. The van der Waals surface area contributed by atoms with Gasteiger partial charge in [-0.2, -0.15) is 0 Å². The summed E-state index contributed by atoms with van der Waals surface area (Å²) in [7, 11) is 1.29. The Morgan fingerprint density at radius 1 is 1.35 bits per heavy atom. The summed E-state index contributed by atoms with van der Waals surface area (Å²) in [5.74, 6) is 0.0409. The number of furan rings is 1. The molecule has 4 aromatic rings. The average molecular weight is 386 g/mol. The van der Waals surface area contributed by atoms with E-state index in [2.05, 4.69) is 9.72 Å². The molecule has 8 heteroatoms. The highest BCUT2D eigenvalue weighted by atomic mass is 32.1. The van der Waals surface area contributed by atoms with Crippen molar-refractivity contribution in [3.8, 4) is 10.4 Å². The van der Waals surface area contributed by atoms with Crippen LogP contribution in [-0.2, 0) is 11.3 Å². The summed E-state index contributed by atoms with van der Waals surface area (Å²) in [5.41, 5.74) is 0.820. The van der Waals surface area contributed by atoms with Crippen LogP contribution >= 0.6 is 22.7 Å². The van der Waals surface area contributed by atoms with Crippen LogP contribution in [0, 0.1) is 6.92 Å². The van der Waals surface area contributed by atoms with Crippen molar-refractivity contribution in [2.45, 2.75) is 13.5 Å². The number of methoxy groups -OCH3 is 1. The Kier molecular flexibility index (Phi) is 4.21. The number of ether oxygens (including phenoxy) is 1. The summed E-state index contributed by atoms with van der Waals surface area (Å²) >= 11 is 3.11. The van der Waals surface area contributed by atoms with E-state index in [1.165, 1.54) is 35.4 Å². The second-order valence-electron chi connectivity index (χ2n) is 5.63. The van der Waals surface area contributed by atoms with Gasteiger partial charge >= 0.3 is 5.97 Å². The molecule has 0 unspecified atom stereocenters. The van der Waals surface area contributed by atoms with E-state index < -0.39 is 5.97 Å². The number of carbonyl (C=O) groups is 1. The Morgan fingerprint density at radius 3 is 2.92 bits per heavy atom. The van der Waals surface area contributed by atoms with Crippen molar-refractivity contribution in [1.29, 1.82) is 0 Å². The molecule has 132 valence electrons. The summed E-state index contributed by atoms with van der Waals surface area (Å²) in [4.78, 5) is 31.8. The van der Waals surface area contributed by atoms with Crippen LogP contribution in [0.2, 0.25) is 0 Å². The highest BCUT2D eigenvalue weighted by Crippen LogP contribution is 2.37. The molecule has 0 amide bonds. The lowest BCUT2D eigenvalue weighted by Crippen LogP contribution is -2.20. The van der Waals surface area contributed by atoms with E-state index in [0.29, 0.717) is 11.1 Å². The number of aromatic nitrogens is 2. The van der Waals surface area contributed by atoms with Crippen LogP contribution in [0.25, 0.3) is 20.7 Å². The molecule has 26 heavy (non-hydrogen) atoms. The number of carbonyl (C=O) groups excluding carboxylic acids is 1. The Balaban J connectivity index is 1.79. The lowest BCUT2D eigenvalue weighted by molar-refractivity contribution is 0.0563. The molecule has 4 rings (SSSR count). The van der Waals surface area contributed by atoms with Gasteiger partial charge in [0.25, 0.3) is 5.56 Å². The number of esters is 1. The third kappa shape index (κ3) is 2.77. The molecule has 0 aliphatic heterocycles. The smallest absolute Gasteiger partial charge is 0.373 e. The highest BCUT2D eigenvalue weighted by molar-refractivity contribution is 7.20. The number of thiophene rings is 2. The van der Waals surface area contributed by atoms with Gasteiger partial charge in [-0.15, -0.1) is 22.7 Å². The predicted octanol–water partition coefficient (Wildman–Crippen LogP) is 3.92. The normalized spacial score (nSPS) is 11.2. The van der Waals surface area contributed by atoms with E-state index >= 15 is 0 Å². The minimum absolute atomic E-state index is 0.107. The van der Waals surface area contributed by atoms with Crippen molar-refractivity contribution >= 4 is 38.9 Å². The summed E-state index contributed by atoms with van der Waals surface area (Å²) in [6, 6.07) is 7.16. The molecule has 0 saturated carbocycles. The fourth-order valence-electron chi connectivity index (χ4n) is 2.81. The number of aryl methyl sites for hydroxylation is 1. The molecule has 0 aliphatic rings. The fourth-order valence-corrected chi connectivity index (χ4v) is 4.70. The third-order valence-electron chi connectivity index (χ3n) is 4.00. The number of nitrogens with zero attached hydrogens (tertiary/aromatic N) is 2. The number of rotatable bonds is 4. The van der Waals surface area contributed by atoms with E-state index in [0.717, 1.165) is 20.1 Å². The number of hydrogen-bond acceptors (Lipinski definition) is 7. The summed E-state index contributed by atoms with van der Waals surface area (Å²) in [5, 5.41) is 2.61. The monoisotopic (exact) mass is 386 g/mol. The molecule has 0 radical (unpaired) electrons. The summed E-state index contributed by atoms with van der Waals surface area (Å²) in [6.07, 6.45) is 1.51. The van der Waals surface area contributed by atoms with Gasteiger partial charge in [0, 0.05) is 15.3 Å². The molecule has 0 atom stereocenters. The van der Waals surface area contributed by atoms with Crippen molar-refractivity contribution in [2.75, 3.05) is 7.11 Å². The van der Waals surface area contributed by atoms with Crippen LogP contribution in [-0.4, -0.2) is 22.6 Å². The first kappa shape index (κ1) is 16.7. The molecule has 4 heterocycles. The van der Waals surface area contributed by atoms with Gasteiger partial charge < -0.3 is 9.15 Å². The summed E-state index contributed by atoms with van der Waals surface area (Å²) in [6.45, 7) is 2.19. The second kappa shape index (κ2) is 6.54. The zero-order chi connectivity index (χ0) is 18.3. The molecule has 0 fully saturated rings. The first-order chi connectivity index (χ1) is 12.6. The van der Waals surface area contributed by atoms with Crippen LogP contribution in [0.1, 0.15) is 21.2 Å². The quantitative estimate of drug-likeness (QED) is 0.497. The van der Waals surface area contributed by atoms with Crippen molar-refractivity contribution in [2.24, 2.45) is 0 Å². The van der Waals surface area contributed by atoms with Crippen LogP contribution in [0.5, 0.6) is 0 Å². The van der Waals surface area contributed by atoms with Crippen molar-refractivity contribution in [3.63, 3.8) is 0 Å². The molecule has 0 aliphatic carbocycles. The topological polar surface area (TPSA) is 74.3 Å². The van der Waals surface area contributed by atoms with E-state index in [-0.39, 0.29) is 17.9 Å². The van der Waals surface area contributed by atoms with E-state index in [9.17, 15) is 9.59 Å². The van der Waals surface area contributed by atoms with Crippen molar-refractivity contribution < 1.29 is 13.9 Å². The maximum absolute atomic E-state index is 13.1. The Hall–Kier alpha value is -2.71. The van der Waals surface area contributed by atoms with Crippen LogP contribution in [0.4, 0.5) is 0 Å². The third-order valence-corrected chi connectivity index (χ3v) is 5.90. The Bertz CT molecular complexity index is 1150. The number of fused-ring (bicyclic) bond motifs is 1. The molecular weight excluding hydrogens is 372 g/mol. The minimum Gasteiger partial charge on any atom is -0.463 e. The zero-order valence-corrected chi connectivity index (χ0v) is 15.6. The molecule has 0 bridgehead atoms. The van der Waals surface area contributed by atoms with Crippen molar-refractivity contribution in [1.82, 2.24) is 9.55 Å². The fraction of sp³-hybridized carbons (Fsp3) is 0.167. The summed E-state index contributed by atoms with van der Waals surface area (Å²) < 4.78 is 11.6. The first-order valence-electron chi connectivity index (χ1n) is 7.78. The second-order valence-corrected chi connectivity index (χ2v) is 7.78. The Morgan fingerprint density at radius 2 is 2.19 bits per heavy atom. The standard InChI is InChI=1S/C18H14N2O4S2/c1-10-14(13-4-3-7-25-13)15-16(26-10)19-9-20(17(15)21)8-11-5-6-12(24-11)18(22)23-2/h3-7,9H,8H2,1-2H3. The zero-order valence-electron chi connectivity index (χ0n) is 14.0. The van der Waals surface area contributed by atoms with Crippen LogP contribution in [0.3, 0.4) is 0 Å². The first-order valence-corrected chi connectivity index (χ1v) is 9.47. The van der Waals surface area contributed by atoms with Gasteiger partial charge in [-0.25, -0.2) is 9.78 Å². The van der Waals surface area contributed by atoms with Crippen molar-refractivity contribution in [3.05, 3.63) is 62.7 Å². The predicted molar refractivity (Wildman–Crippen MR) is 101 cm³/mol. The molecule has 6 nitrogen and oxygen atoms in total. The van der Waals surface area contributed by atoms with Gasteiger partial charge in [-0.3, -0.25) is 9.36 Å². The molecule has 0 saturated heterocycles. The van der Waals surface area contributed by atoms with E-state index in [4.69, 9.17) is 4.42 Å². The van der Waals surface area contributed by atoms with Gasteiger partial charge in [-0.05, 0) is 30.5 Å². The van der Waals surface area contributed by atoms with Gasteiger partial charge in [0.2, 0.25) is 5.76 Å². The molecule has 0 aromatic carbocycles. The SMILES string of the molecule is COC(=O)c1ccc(Cn2cnc3sc(C)c(-c4cccs4)c3c2=O)o1.